The summed E-state index contributed by atoms with van der Waals surface area (Å²) in [5.41, 5.74) is 0.0417. The molecule has 1 aliphatic carbocycles. The lowest BCUT2D eigenvalue weighted by molar-refractivity contribution is 0.378. The predicted octanol–water partition coefficient (Wildman–Crippen LogP) is 1.32. The third-order valence-corrected chi connectivity index (χ3v) is 2.77. The molecule has 1 unspecified atom stereocenters. The lowest BCUT2D eigenvalue weighted by Crippen LogP contribution is -2.24. The monoisotopic (exact) mass is 172 g/mol. The average Bonchev–Trinajstić information content (AvgIpc) is 2.71. The van der Waals surface area contributed by atoms with Crippen LogP contribution in [0.5, 0.6) is 0 Å². The van der Waals surface area contributed by atoms with E-state index in [0.29, 0.717) is 0 Å². The molecule has 0 aromatic heterocycles. The minimum absolute atomic E-state index is 0. The number of hydrogen-bond donors (Lipinski definition) is 1. The number of halogens is 1. The van der Waals surface area contributed by atoms with Crippen LogP contribution < -0.4 is 5.32 Å². The van der Waals surface area contributed by atoms with Crippen molar-refractivity contribution in [2.75, 3.05) is 13.1 Å². The summed E-state index contributed by atoms with van der Waals surface area (Å²) in [6.07, 6.45) is 3.65. The third kappa shape index (κ3) is 1.36. The molecule has 0 aromatic carbocycles. The van der Waals surface area contributed by atoms with E-state index >= 15 is 0 Å². The summed E-state index contributed by atoms with van der Waals surface area (Å²) < 4.78 is 0. The first kappa shape index (κ1) is 8.83. The second-order valence-corrected chi connectivity index (χ2v) is 3.47. The van der Waals surface area contributed by atoms with Gasteiger partial charge in [0.25, 0.3) is 0 Å². The maximum Gasteiger partial charge on any atom is 0.0738 e. The molecule has 0 amide bonds. The molecule has 3 heteroatoms. The molecule has 2 nitrogen and oxygen atoms in total. The highest BCUT2D eigenvalue weighted by atomic mass is 35.5. The predicted molar refractivity (Wildman–Crippen MR) is 45.5 cm³/mol. The van der Waals surface area contributed by atoms with Crippen LogP contribution in [0.2, 0.25) is 0 Å². The van der Waals surface area contributed by atoms with Crippen LogP contribution in [0.4, 0.5) is 0 Å². The van der Waals surface area contributed by atoms with Gasteiger partial charge in [-0.2, -0.15) is 5.26 Å². The molecule has 11 heavy (non-hydrogen) atoms. The standard InChI is InChI=1S/C8H12N2.ClH/c9-5-8(7-1-2-7)3-4-10-6-8;/h7,10H,1-4,6H2;1H. The summed E-state index contributed by atoms with van der Waals surface area (Å²) >= 11 is 0. The number of hydrogen-bond acceptors (Lipinski definition) is 2. The van der Waals surface area contributed by atoms with E-state index in [9.17, 15) is 0 Å². The first-order chi connectivity index (χ1) is 4.87. The molecule has 1 aliphatic heterocycles. The largest absolute Gasteiger partial charge is 0.315 e. The molecule has 0 radical (unpaired) electrons. The van der Waals surface area contributed by atoms with Gasteiger partial charge in [0, 0.05) is 6.54 Å². The van der Waals surface area contributed by atoms with E-state index in [1.807, 2.05) is 0 Å². The van der Waals surface area contributed by atoms with Gasteiger partial charge in [0.05, 0.1) is 11.5 Å². The quantitative estimate of drug-likeness (QED) is 0.648. The Kier molecular flexibility index (Phi) is 2.41. The van der Waals surface area contributed by atoms with Crippen LogP contribution in [-0.4, -0.2) is 13.1 Å². The van der Waals surface area contributed by atoms with Gasteiger partial charge in [-0.05, 0) is 31.7 Å². The maximum absolute atomic E-state index is 8.94. The van der Waals surface area contributed by atoms with Crippen LogP contribution in [0.3, 0.4) is 0 Å². The normalized spacial score (nSPS) is 35.9. The number of rotatable bonds is 1. The van der Waals surface area contributed by atoms with Crippen LogP contribution in [0.25, 0.3) is 0 Å². The lowest BCUT2D eigenvalue weighted by Gasteiger charge is -2.17. The second-order valence-electron chi connectivity index (χ2n) is 3.47. The number of nitrogens with zero attached hydrogens (tertiary/aromatic N) is 1. The molecule has 0 aromatic rings. The van der Waals surface area contributed by atoms with Crippen molar-refractivity contribution in [1.29, 1.82) is 5.26 Å². The fourth-order valence-corrected chi connectivity index (χ4v) is 1.88. The molecule has 2 rings (SSSR count). The minimum atomic E-state index is 0. The van der Waals surface area contributed by atoms with E-state index in [4.69, 9.17) is 5.26 Å². The van der Waals surface area contributed by atoms with Gasteiger partial charge >= 0.3 is 0 Å². The molecule has 1 saturated heterocycles. The maximum atomic E-state index is 8.94. The van der Waals surface area contributed by atoms with Gasteiger partial charge < -0.3 is 5.32 Å². The number of nitrogens with one attached hydrogen (secondary N) is 1. The van der Waals surface area contributed by atoms with E-state index in [0.717, 1.165) is 25.4 Å². The molecule has 1 saturated carbocycles. The highest BCUT2D eigenvalue weighted by molar-refractivity contribution is 5.85. The smallest absolute Gasteiger partial charge is 0.0738 e. The Hall–Kier alpha value is -0.260. The summed E-state index contributed by atoms with van der Waals surface area (Å²) in [7, 11) is 0. The molecule has 2 aliphatic rings. The minimum Gasteiger partial charge on any atom is -0.315 e. The van der Waals surface area contributed by atoms with Crippen molar-refractivity contribution in [2.24, 2.45) is 11.3 Å². The van der Waals surface area contributed by atoms with Crippen molar-refractivity contribution in [3.05, 3.63) is 0 Å². The van der Waals surface area contributed by atoms with Crippen molar-refractivity contribution in [3.8, 4) is 6.07 Å². The third-order valence-electron chi connectivity index (χ3n) is 2.77. The zero-order valence-corrected chi connectivity index (χ0v) is 7.28. The van der Waals surface area contributed by atoms with Gasteiger partial charge in [0.2, 0.25) is 0 Å². The Morgan fingerprint density at radius 2 is 2.18 bits per heavy atom. The SMILES string of the molecule is Cl.N#CC1(C2CC2)CCNC1. The lowest BCUT2D eigenvalue weighted by atomic mass is 9.84. The Bertz CT molecular complexity index is 175. The van der Waals surface area contributed by atoms with E-state index in [-0.39, 0.29) is 17.8 Å². The van der Waals surface area contributed by atoms with Crippen LogP contribution in [-0.2, 0) is 0 Å². The van der Waals surface area contributed by atoms with Crippen LogP contribution in [0.15, 0.2) is 0 Å². The molecule has 2 fully saturated rings. The summed E-state index contributed by atoms with van der Waals surface area (Å²) in [6, 6.07) is 2.48. The molecular formula is C8H13ClN2. The van der Waals surface area contributed by atoms with Gasteiger partial charge in [-0.15, -0.1) is 12.4 Å². The van der Waals surface area contributed by atoms with Gasteiger partial charge in [0.15, 0.2) is 0 Å². The molecule has 62 valence electrons. The van der Waals surface area contributed by atoms with Crippen molar-refractivity contribution in [3.63, 3.8) is 0 Å². The summed E-state index contributed by atoms with van der Waals surface area (Å²) in [6.45, 7) is 1.98. The van der Waals surface area contributed by atoms with Crippen LogP contribution >= 0.6 is 12.4 Å². The zero-order valence-electron chi connectivity index (χ0n) is 6.47. The second kappa shape index (κ2) is 3.00. The Morgan fingerprint density at radius 3 is 2.55 bits per heavy atom. The Labute approximate surface area is 73.4 Å². The molecule has 1 heterocycles. The zero-order chi connectivity index (χ0) is 7.03. The molecule has 0 spiro atoms. The van der Waals surface area contributed by atoms with Crippen LogP contribution in [0, 0.1) is 22.7 Å². The highest BCUT2D eigenvalue weighted by Gasteiger charge is 2.47. The fraction of sp³-hybridized carbons (Fsp3) is 0.875. The summed E-state index contributed by atoms with van der Waals surface area (Å²) in [4.78, 5) is 0. The number of nitriles is 1. The van der Waals surface area contributed by atoms with E-state index in [1.54, 1.807) is 0 Å². The molecule has 1 atom stereocenters. The van der Waals surface area contributed by atoms with Crippen molar-refractivity contribution < 1.29 is 0 Å². The molecular weight excluding hydrogens is 160 g/mol. The van der Waals surface area contributed by atoms with Crippen LogP contribution in [0.1, 0.15) is 19.3 Å². The highest BCUT2D eigenvalue weighted by Crippen LogP contribution is 2.48. The Balaban J connectivity index is 0.000000605. The fourth-order valence-electron chi connectivity index (χ4n) is 1.88. The van der Waals surface area contributed by atoms with Gasteiger partial charge in [0.1, 0.15) is 0 Å². The van der Waals surface area contributed by atoms with Gasteiger partial charge in [-0.25, -0.2) is 0 Å². The van der Waals surface area contributed by atoms with Gasteiger partial charge in [-0.1, -0.05) is 0 Å². The first-order valence-electron chi connectivity index (χ1n) is 3.99. The van der Waals surface area contributed by atoms with Gasteiger partial charge in [-0.3, -0.25) is 0 Å². The molecule has 0 bridgehead atoms. The van der Waals surface area contributed by atoms with Crippen molar-refractivity contribution in [2.45, 2.75) is 19.3 Å². The van der Waals surface area contributed by atoms with E-state index in [2.05, 4.69) is 11.4 Å². The summed E-state index contributed by atoms with van der Waals surface area (Å²) in [5.74, 6) is 0.729. The van der Waals surface area contributed by atoms with Crippen molar-refractivity contribution >= 4 is 12.4 Å². The molecule has 1 N–H and O–H groups in total. The average molecular weight is 173 g/mol. The topological polar surface area (TPSA) is 35.8 Å². The first-order valence-corrected chi connectivity index (χ1v) is 3.99. The van der Waals surface area contributed by atoms with E-state index < -0.39 is 0 Å². The van der Waals surface area contributed by atoms with Crippen molar-refractivity contribution in [1.82, 2.24) is 5.32 Å². The Morgan fingerprint density at radius 1 is 1.45 bits per heavy atom. The summed E-state index contributed by atoms with van der Waals surface area (Å²) in [5, 5.41) is 12.2. The van der Waals surface area contributed by atoms with E-state index in [1.165, 1.54) is 12.8 Å².